The van der Waals surface area contributed by atoms with Crippen LogP contribution < -0.4 is 0 Å². The molecule has 0 atom stereocenters. The van der Waals surface area contributed by atoms with E-state index in [0.717, 1.165) is 60.2 Å². The SMILES string of the molecule is c1ccc2sc(CN3CCC(c4nnn5cnc6[nH]ccc6c45)CC3)nc2c1. The molecule has 1 N–H and O–H groups in total. The van der Waals surface area contributed by atoms with Gasteiger partial charge < -0.3 is 4.98 Å². The van der Waals surface area contributed by atoms with Crippen LogP contribution in [-0.2, 0) is 6.54 Å². The molecule has 1 fully saturated rings. The maximum absolute atomic E-state index is 4.79. The van der Waals surface area contributed by atoms with E-state index in [4.69, 9.17) is 4.98 Å². The fourth-order valence-corrected chi connectivity index (χ4v) is 5.25. The minimum atomic E-state index is 0.435. The second-order valence-corrected chi connectivity index (χ2v) is 8.49. The predicted octanol–water partition coefficient (Wildman–Crippen LogP) is 3.59. The van der Waals surface area contributed by atoms with E-state index in [9.17, 15) is 0 Å². The molecule has 1 aliphatic rings. The Morgan fingerprint density at radius 1 is 1.14 bits per heavy atom. The van der Waals surface area contributed by atoms with E-state index in [0.29, 0.717) is 5.92 Å². The van der Waals surface area contributed by atoms with Crippen molar-refractivity contribution in [1.82, 2.24) is 34.7 Å². The quantitative estimate of drug-likeness (QED) is 0.510. The average molecular weight is 389 g/mol. The van der Waals surface area contributed by atoms with Crippen molar-refractivity contribution in [2.75, 3.05) is 13.1 Å². The summed E-state index contributed by atoms with van der Waals surface area (Å²) in [5.74, 6) is 0.435. The Morgan fingerprint density at radius 2 is 2.04 bits per heavy atom. The number of para-hydroxylation sites is 1. The molecule has 28 heavy (non-hydrogen) atoms. The van der Waals surface area contributed by atoms with Crippen LogP contribution in [0.25, 0.3) is 26.8 Å². The van der Waals surface area contributed by atoms with Gasteiger partial charge in [0.15, 0.2) is 0 Å². The molecule has 0 aliphatic carbocycles. The zero-order chi connectivity index (χ0) is 18.5. The minimum absolute atomic E-state index is 0.435. The molecule has 0 unspecified atom stereocenters. The van der Waals surface area contributed by atoms with Gasteiger partial charge in [-0.3, -0.25) is 4.90 Å². The normalized spacial score (nSPS) is 16.6. The molecule has 8 heteroatoms. The summed E-state index contributed by atoms with van der Waals surface area (Å²) in [5, 5.41) is 11.1. The number of aromatic nitrogens is 6. The topological polar surface area (TPSA) is 75.0 Å². The van der Waals surface area contributed by atoms with Crippen LogP contribution in [-0.4, -0.2) is 47.8 Å². The second-order valence-electron chi connectivity index (χ2n) is 7.38. The number of fused-ring (bicyclic) bond motifs is 4. The number of benzene rings is 1. The number of hydrogen-bond donors (Lipinski definition) is 1. The lowest BCUT2D eigenvalue weighted by molar-refractivity contribution is 0.203. The molecule has 7 nitrogen and oxygen atoms in total. The summed E-state index contributed by atoms with van der Waals surface area (Å²) in [6.45, 7) is 3.04. The van der Waals surface area contributed by atoms with E-state index >= 15 is 0 Å². The van der Waals surface area contributed by atoms with Crippen molar-refractivity contribution >= 4 is 38.1 Å². The highest BCUT2D eigenvalue weighted by molar-refractivity contribution is 7.18. The van der Waals surface area contributed by atoms with Gasteiger partial charge in [-0.05, 0) is 44.1 Å². The van der Waals surface area contributed by atoms with E-state index in [-0.39, 0.29) is 0 Å². The molecule has 0 spiro atoms. The van der Waals surface area contributed by atoms with E-state index in [1.807, 2.05) is 6.20 Å². The first kappa shape index (κ1) is 16.1. The monoisotopic (exact) mass is 389 g/mol. The molecule has 1 aromatic carbocycles. The molecule has 0 bridgehead atoms. The molecule has 4 aromatic heterocycles. The van der Waals surface area contributed by atoms with Gasteiger partial charge in [0.2, 0.25) is 0 Å². The molecule has 5 aromatic rings. The third-order valence-electron chi connectivity index (χ3n) is 5.67. The Labute approximate surface area is 165 Å². The third kappa shape index (κ3) is 2.60. The first-order valence-corrected chi connectivity index (χ1v) is 10.4. The molecule has 0 amide bonds. The lowest BCUT2D eigenvalue weighted by Crippen LogP contribution is -2.32. The number of nitrogens with one attached hydrogen (secondary N) is 1. The number of hydrogen-bond acceptors (Lipinski definition) is 6. The Kier molecular flexibility index (Phi) is 3.66. The number of H-pyrrole nitrogens is 1. The van der Waals surface area contributed by atoms with Crippen molar-refractivity contribution in [2.24, 2.45) is 0 Å². The van der Waals surface area contributed by atoms with Gasteiger partial charge in [0, 0.05) is 17.5 Å². The summed E-state index contributed by atoms with van der Waals surface area (Å²) in [4.78, 5) is 14.9. The summed E-state index contributed by atoms with van der Waals surface area (Å²) >= 11 is 1.80. The van der Waals surface area contributed by atoms with Crippen LogP contribution in [0, 0.1) is 0 Å². The smallest absolute Gasteiger partial charge is 0.141 e. The van der Waals surface area contributed by atoms with Crippen molar-refractivity contribution in [2.45, 2.75) is 25.3 Å². The second kappa shape index (κ2) is 6.35. The maximum Gasteiger partial charge on any atom is 0.141 e. The van der Waals surface area contributed by atoms with Crippen molar-refractivity contribution in [1.29, 1.82) is 0 Å². The van der Waals surface area contributed by atoms with Gasteiger partial charge in [-0.15, -0.1) is 16.4 Å². The van der Waals surface area contributed by atoms with E-state index in [1.54, 1.807) is 22.2 Å². The van der Waals surface area contributed by atoms with Crippen LogP contribution in [0.4, 0.5) is 0 Å². The van der Waals surface area contributed by atoms with Gasteiger partial charge in [0.25, 0.3) is 0 Å². The zero-order valence-corrected chi connectivity index (χ0v) is 16.1. The summed E-state index contributed by atoms with van der Waals surface area (Å²) in [6, 6.07) is 10.4. The van der Waals surface area contributed by atoms with E-state index in [2.05, 4.69) is 55.5 Å². The van der Waals surface area contributed by atoms with Gasteiger partial charge in [-0.1, -0.05) is 17.3 Å². The van der Waals surface area contributed by atoms with Crippen molar-refractivity contribution in [3.8, 4) is 0 Å². The fraction of sp³-hybridized carbons (Fsp3) is 0.300. The van der Waals surface area contributed by atoms with Crippen LogP contribution in [0.5, 0.6) is 0 Å². The molecule has 0 radical (unpaired) electrons. The Balaban J connectivity index is 1.21. The molecule has 1 aliphatic heterocycles. The summed E-state index contributed by atoms with van der Waals surface area (Å²) in [5.41, 5.74) is 4.20. The van der Waals surface area contributed by atoms with Gasteiger partial charge in [0.05, 0.1) is 22.5 Å². The van der Waals surface area contributed by atoms with Crippen LogP contribution in [0.1, 0.15) is 29.5 Å². The molecule has 0 saturated carbocycles. The van der Waals surface area contributed by atoms with Crippen molar-refractivity contribution in [3.05, 3.63) is 53.6 Å². The first-order chi connectivity index (χ1) is 13.8. The summed E-state index contributed by atoms with van der Waals surface area (Å²) in [7, 11) is 0. The van der Waals surface area contributed by atoms with Crippen molar-refractivity contribution < 1.29 is 0 Å². The van der Waals surface area contributed by atoms with E-state index < -0.39 is 0 Å². The van der Waals surface area contributed by atoms with Crippen molar-refractivity contribution in [3.63, 3.8) is 0 Å². The Morgan fingerprint density at radius 3 is 2.93 bits per heavy atom. The Bertz CT molecular complexity index is 1240. The maximum atomic E-state index is 4.79. The standard InChI is InChI=1S/C20H19N7S/c1-2-4-16-15(3-1)23-17(28-16)11-26-9-6-13(7-10-26)18-19-14-5-8-21-20(14)22-12-27(19)25-24-18/h1-5,8,12-13,21H,6-7,9-11H2. The molecular weight excluding hydrogens is 370 g/mol. The molecule has 6 rings (SSSR count). The van der Waals surface area contributed by atoms with Gasteiger partial charge in [-0.25, -0.2) is 14.5 Å². The predicted molar refractivity (Wildman–Crippen MR) is 110 cm³/mol. The lowest BCUT2D eigenvalue weighted by Gasteiger charge is -2.30. The Hall–Kier alpha value is -2.84. The van der Waals surface area contributed by atoms with Crippen LogP contribution in [0.15, 0.2) is 42.9 Å². The molecule has 5 heterocycles. The zero-order valence-electron chi connectivity index (χ0n) is 15.2. The van der Waals surface area contributed by atoms with Gasteiger partial charge in [0.1, 0.15) is 22.5 Å². The average Bonchev–Trinajstić information content (AvgIpc) is 3.45. The van der Waals surface area contributed by atoms with E-state index in [1.165, 1.54) is 9.71 Å². The highest BCUT2D eigenvalue weighted by Gasteiger charge is 2.26. The van der Waals surface area contributed by atoms with Crippen LogP contribution in [0.3, 0.4) is 0 Å². The number of rotatable bonds is 3. The highest BCUT2D eigenvalue weighted by atomic mass is 32.1. The third-order valence-corrected chi connectivity index (χ3v) is 6.69. The number of likely N-dealkylation sites (tertiary alicyclic amines) is 1. The fourth-order valence-electron chi connectivity index (χ4n) is 4.24. The number of nitrogens with zero attached hydrogens (tertiary/aromatic N) is 6. The molecular formula is C20H19N7S. The van der Waals surface area contributed by atoms with Gasteiger partial charge in [-0.2, -0.15) is 0 Å². The summed E-state index contributed by atoms with van der Waals surface area (Å²) < 4.78 is 3.08. The highest BCUT2D eigenvalue weighted by Crippen LogP contribution is 2.32. The van der Waals surface area contributed by atoms with Crippen LogP contribution >= 0.6 is 11.3 Å². The molecule has 1 saturated heterocycles. The number of thiazole rings is 1. The van der Waals surface area contributed by atoms with Crippen LogP contribution in [0.2, 0.25) is 0 Å². The lowest BCUT2D eigenvalue weighted by atomic mass is 9.92. The first-order valence-electron chi connectivity index (χ1n) is 9.59. The number of piperidine rings is 1. The minimum Gasteiger partial charge on any atom is -0.346 e. The largest absolute Gasteiger partial charge is 0.346 e. The molecule has 140 valence electrons. The van der Waals surface area contributed by atoms with Gasteiger partial charge >= 0.3 is 0 Å². The summed E-state index contributed by atoms with van der Waals surface area (Å²) in [6.07, 6.45) is 5.85. The number of aromatic amines is 1.